The second-order valence-electron chi connectivity index (χ2n) is 4.50. The standard InChI is InChI=1S/C14H13NO2S/c16-14(17)13-11(6-8-18-13)10-5-1-3-9-4-2-7-15-12(9)10/h2,4,6-8,10H,1,3,5H2,(H,16,17). The van der Waals surface area contributed by atoms with Gasteiger partial charge in [-0.2, -0.15) is 0 Å². The van der Waals surface area contributed by atoms with Gasteiger partial charge >= 0.3 is 5.97 Å². The summed E-state index contributed by atoms with van der Waals surface area (Å²) in [5.41, 5.74) is 3.24. The van der Waals surface area contributed by atoms with E-state index in [4.69, 9.17) is 0 Å². The maximum absolute atomic E-state index is 11.2. The fourth-order valence-corrected chi connectivity index (χ4v) is 3.48. The summed E-state index contributed by atoms with van der Waals surface area (Å²) in [6.45, 7) is 0. The minimum atomic E-state index is -0.831. The first-order valence-corrected chi connectivity index (χ1v) is 6.90. The fourth-order valence-electron chi connectivity index (χ4n) is 2.68. The smallest absolute Gasteiger partial charge is 0.346 e. The number of carboxylic acids is 1. The first kappa shape index (κ1) is 11.4. The Kier molecular flexibility index (Phi) is 2.88. The molecule has 1 aliphatic carbocycles. The number of aryl methyl sites for hydroxylation is 1. The summed E-state index contributed by atoms with van der Waals surface area (Å²) >= 11 is 1.30. The predicted octanol–water partition coefficient (Wildman–Crippen LogP) is 3.31. The molecule has 0 aliphatic heterocycles. The molecule has 0 spiro atoms. The molecule has 2 heterocycles. The number of aromatic carboxylic acids is 1. The number of rotatable bonds is 2. The molecular formula is C14H13NO2S. The van der Waals surface area contributed by atoms with Gasteiger partial charge in [0, 0.05) is 12.1 Å². The lowest BCUT2D eigenvalue weighted by Gasteiger charge is -2.24. The number of hydrogen-bond acceptors (Lipinski definition) is 3. The van der Waals surface area contributed by atoms with Crippen LogP contribution in [0.4, 0.5) is 0 Å². The van der Waals surface area contributed by atoms with Crippen LogP contribution in [-0.2, 0) is 6.42 Å². The molecule has 4 heteroatoms. The van der Waals surface area contributed by atoms with Crippen molar-refractivity contribution in [2.24, 2.45) is 0 Å². The van der Waals surface area contributed by atoms with E-state index < -0.39 is 5.97 Å². The molecule has 92 valence electrons. The van der Waals surface area contributed by atoms with E-state index in [0.29, 0.717) is 4.88 Å². The van der Waals surface area contributed by atoms with E-state index in [9.17, 15) is 9.90 Å². The SMILES string of the molecule is O=C(O)c1sccc1C1CCCc2cccnc21. The second-order valence-corrected chi connectivity index (χ2v) is 5.42. The molecule has 0 radical (unpaired) electrons. The van der Waals surface area contributed by atoms with Crippen LogP contribution in [0, 0.1) is 0 Å². The second kappa shape index (κ2) is 4.53. The Bertz CT molecular complexity index is 591. The number of thiophene rings is 1. The summed E-state index contributed by atoms with van der Waals surface area (Å²) in [7, 11) is 0. The van der Waals surface area contributed by atoms with E-state index in [-0.39, 0.29) is 5.92 Å². The average Bonchev–Trinajstić information content (AvgIpc) is 2.87. The molecule has 1 aliphatic rings. The van der Waals surface area contributed by atoms with E-state index in [2.05, 4.69) is 11.1 Å². The monoisotopic (exact) mass is 259 g/mol. The van der Waals surface area contributed by atoms with Gasteiger partial charge in [0.1, 0.15) is 4.88 Å². The number of fused-ring (bicyclic) bond motifs is 1. The van der Waals surface area contributed by atoms with Crippen molar-refractivity contribution in [3.05, 3.63) is 51.5 Å². The van der Waals surface area contributed by atoms with E-state index >= 15 is 0 Å². The lowest BCUT2D eigenvalue weighted by atomic mass is 9.82. The normalized spacial score (nSPS) is 18.3. The highest BCUT2D eigenvalue weighted by Crippen LogP contribution is 2.38. The summed E-state index contributed by atoms with van der Waals surface area (Å²) in [5, 5.41) is 11.1. The van der Waals surface area contributed by atoms with Crippen molar-refractivity contribution in [2.75, 3.05) is 0 Å². The number of nitrogens with zero attached hydrogens (tertiary/aromatic N) is 1. The van der Waals surface area contributed by atoms with Gasteiger partial charge in [-0.3, -0.25) is 4.98 Å². The van der Waals surface area contributed by atoms with Gasteiger partial charge in [0.2, 0.25) is 0 Å². The zero-order chi connectivity index (χ0) is 12.5. The summed E-state index contributed by atoms with van der Waals surface area (Å²) < 4.78 is 0. The predicted molar refractivity (Wildman–Crippen MR) is 70.3 cm³/mol. The lowest BCUT2D eigenvalue weighted by Crippen LogP contribution is -2.14. The fraction of sp³-hybridized carbons (Fsp3) is 0.286. The van der Waals surface area contributed by atoms with Crippen molar-refractivity contribution in [1.82, 2.24) is 4.98 Å². The Balaban J connectivity index is 2.08. The van der Waals surface area contributed by atoms with E-state index in [1.807, 2.05) is 17.5 Å². The number of pyridine rings is 1. The molecule has 18 heavy (non-hydrogen) atoms. The van der Waals surface area contributed by atoms with Crippen LogP contribution in [0.3, 0.4) is 0 Å². The maximum Gasteiger partial charge on any atom is 0.346 e. The Morgan fingerprint density at radius 2 is 2.33 bits per heavy atom. The third kappa shape index (κ3) is 1.82. The van der Waals surface area contributed by atoms with E-state index in [0.717, 1.165) is 30.5 Å². The van der Waals surface area contributed by atoms with Crippen LogP contribution in [0.1, 0.15) is 45.3 Å². The molecule has 1 unspecified atom stereocenters. The lowest BCUT2D eigenvalue weighted by molar-refractivity contribution is 0.0700. The van der Waals surface area contributed by atoms with Crippen molar-refractivity contribution in [3.8, 4) is 0 Å². The molecule has 2 aromatic heterocycles. The van der Waals surface area contributed by atoms with Gasteiger partial charge in [0.15, 0.2) is 0 Å². The van der Waals surface area contributed by atoms with Crippen molar-refractivity contribution in [3.63, 3.8) is 0 Å². The van der Waals surface area contributed by atoms with Gasteiger partial charge in [0.25, 0.3) is 0 Å². The van der Waals surface area contributed by atoms with Crippen LogP contribution in [0.15, 0.2) is 29.8 Å². The summed E-state index contributed by atoms with van der Waals surface area (Å²) in [6, 6.07) is 5.98. The van der Waals surface area contributed by atoms with Crippen LogP contribution in [0.5, 0.6) is 0 Å². The Morgan fingerprint density at radius 3 is 3.17 bits per heavy atom. The molecular weight excluding hydrogens is 246 g/mol. The largest absolute Gasteiger partial charge is 0.477 e. The molecule has 0 saturated carbocycles. The van der Waals surface area contributed by atoms with Crippen LogP contribution < -0.4 is 0 Å². The first-order valence-electron chi connectivity index (χ1n) is 6.02. The third-order valence-corrected chi connectivity index (χ3v) is 4.38. The molecule has 0 saturated heterocycles. The summed E-state index contributed by atoms with van der Waals surface area (Å²) in [4.78, 5) is 16.2. The maximum atomic E-state index is 11.2. The van der Waals surface area contributed by atoms with Gasteiger partial charge in [-0.1, -0.05) is 6.07 Å². The quantitative estimate of drug-likeness (QED) is 0.900. The summed E-state index contributed by atoms with van der Waals surface area (Å²) in [5.74, 6) is -0.685. The topological polar surface area (TPSA) is 50.2 Å². The van der Waals surface area contributed by atoms with Crippen LogP contribution in [0.25, 0.3) is 0 Å². The van der Waals surface area contributed by atoms with Gasteiger partial charge in [-0.05, 0) is 47.9 Å². The molecule has 2 aromatic rings. The molecule has 0 bridgehead atoms. The summed E-state index contributed by atoms with van der Waals surface area (Å²) in [6.07, 6.45) is 4.93. The Hall–Kier alpha value is -1.68. The first-order chi connectivity index (χ1) is 8.77. The molecule has 1 N–H and O–H groups in total. The molecule has 3 rings (SSSR count). The number of aromatic nitrogens is 1. The van der Waals surface area contributed by atoms with Crippen molar-refractivity contribution in [2.45, 2.75) is 25.2 Å². The zero-order valence-electron chi connectivity index (χ0n) is 9.80. The highest BCUT2D eigenvalue weighted by molar-refractivity contribution is 7.12. The minimum Gasteiger partial charge on any atom is -0.477 e. The minimum absolute atomic E-state index is 0.146. The zero-order valence-corrected chi connectivity index (χ0v) is 10.6. The van der Waals surface area contributed by atoms with Gasteiger partial charge in [-0.15, -0.1) is 11.3 Å². The van der Waals surface area contributed by atoms with Gasteiger partial charge in [-0.25, -0.2) is 4.79 Å². The molecule has 3 nitrogen and oxygen atoms in total. The number of hydrogen-bond donors (Lipinski definition) is 1. The highest BCUT2D eigenvalue weighted by Gasteiger charge is 2.27. The average molecular weight is 259 g/mol. The van der Waals surface area contributed by atoms with Crippen molar-refractivity contribution >= 4 is 17.3 Å². The van der Waals surface area contributed by atoms with Crippen LogP contribution in [-0.4, -0.2) is 16.1 Å². The van der Waals surface area contributed by atoms with E-state index in [1.54, 1.807) is 6.20 Å². The number of carboxylic acid groups (broad SMARTS) is 1. The molecule has 0 fully saturated rings. The van der Waals surface area contributed by atoms with Gasteiger partial charge < -0.3 is 5.11 Å². The van der Waals surface area contributed by atoms with E-state index in [1.165, 1.54) is 16.9 Å². The van der Waals surface area contributed by atoms with Crippen LogP contribution >= 0.6 is 11.3 Å². The van der Waals surface area contributed by atoms with Crippen molar-refractivity contribution in [1.29, 1.82) is 0 Å². The third-order valence-electron chi connectivity index (χ3n) is 3.46. The molecule has 1 atom stereocenters. The Morgan fingerprint density at radius 1 is 1.44 bits per heavy atom. The number of carbonyl (C=O) groups is 1. The molecule has 0 aromatic carbocycles. The Labute approximate surface area is 109 Å². The highest BCUT2D eigenvalue weighted by atomic mass is 32.1. The molecule has 0 amide bonds. The van der Waals surface area contributed by atoms with Crippen molar-refractivity contribution < 1.29 is 9.90 Å². The van der Waals surface area contributed by atoms with Crippen LogP contribution in [0.2, 0.25) is 0 Å². The van der Waals surface area contributed by atoms with Gasteiger partial charge in [0.05, 0.1) is 5.69 Å².